The second kappa shape index (κ2) is 5.92. The lowest BCUT2D eigenvalue weighted by Gasteiger charge is -2.34. The molecule has 0 saturated carbocycles. The monoisotopic (exact) mass is 314 g/mol. The molecule has 1 heterocycles. The van der Waals surface area contributed by atoms with Gasteiger partial charge in [0.15, 0.2) is 5.16 Å². The van der Waals surface area contributed by atoms with Gasteiger partial charge in [-0.05, 0) is 24.8 Å². The third-order valence-electron chi connectivity index (χ3n) is 4.58. The van der Waals surface area contributed by atoms with Crippen molar-refractivity contribution >= 4 is 11.8 Å². The maximum Gasteiger partial charge on any atom is 0.255 e. The van der Waals surface area contributed by atoms with Crippen LogP contribution in [0.5, 0.6) is 0 Å². The van der Waals surface area contributed by atoms with Crippen molar-refractivity contribution in [2.45, 2.75) is 50.6 Å². The number of hydrogen-bond acceptors (Lipinski definition) is 3. The zero-order valence-electron chi connectivity index (χ0n) is 13.4. The van der Waals surface area contributed by atoms with E-state index in [1.807, 2.05) is 6.07 Å². The van der Waals surface area contributed by atoms with Crippen LogP contribution < -0.4 is 5.56 Å². The minimum absolute atomic E-state index is 0.0301. The number of rotatable bonds is 4. The second-order valence-electron chi connectivity index (χ2n) is 6.19. The molecule has 0 radical (unpaired) electrons. The molecule has 22 heavy (non-hydrogen) atoms. The Bertz CT molecular complexity index is 753. The Morgan fingerprint density at radius 1 is 1.32 bits per heavy atom. The van der Waals surface area contributed by atoms with E-state index in [0.29, 0.717) is 0 Å². The van der Waals surface area contributed by atoms with Gasteiger partial charge in [0.05, 0.1) is 5.69 Å². The topological polar surface area (TPSA) is 45.8 Å². The standard InChI is InChI=1S/C18H22N2OS/c1-4-10-22-17-19-15-13-9-7-6-8-12(13)11-18(3,5-2)14(15)16(21)20-17/h6-9H,4-5,10-11H2,1-3H3,(H,19,20,21). The van der Waals surface area contributed by atoms with Crippen molar-refractivity contribution in [3.8, 4) is 11.3 Å². The number of thioether (sulfide) groups is 1. The van der Waals surface area contributed by atoms with Crippen molar-refractivity contribution in [3.05, 3.63) is 45.7 Å². The van der Waals surface area contributed by atoms with E-state index in [0.717, 1.165) is 47.0 Å². The van der Waals surface area contributed by atoms with Crippen LogP contribution in [0.25, 0.3) is 11.3 Å². The van der Waals surface area contributed by atoms with Crippen molar-refractivity contribution < 1.29 is 0 Å². The normalized spacial score (nSPS) is 19.6. The van der Waals surface area contributed by atoms with Gasteiger partial charge >= 0.3 is 0 Å². The number of nitrogens with zero attached hydrogens (tertiary/aromatic N) is 1. The van der Waals surface area contributed by atoms with E-state index >= 15 is 0 Å². The van der Waals surface area contributed by atoms with Gasteiger partial charge in [-0.25, -0.2) is 4.98 Å². The lowest BCUT2D eigenvalue weighted by molar-refractivity contribution is 0.438. The minimum atomic E-state index is -0.141. The highest BCUT2D eigenvalue weighted by Crippen LogP contribution is 2.42. The summed E-state index contributed by atoms with van der Waals surface area (Å²) in [5.74, 6) is 0.967. The van der Waals surface area contributed by atoms with E-state index in [2.05, 4.69) is 44.0 Å². The highest BCUT2D eigenvalue weighted by molar-refractivity contribution is 7.99. The first-order valence-electron chi connectivity index (χ1n) is 7.95. The van der Waals surface area contributed by atoms with Crippen LogP contribution in [0.2, 0.25) is 0 Å². The Balaban J connectivity index is 2.23. The first kappa shape index (κ1) is 15.3. The molecule has 0 aliphatic heterocycles. The molecule has 2 aromatic rings. The zero-order valence-corrected chi connectivity index (χ0v) is 14.2. The molecule has 1 aliphatic carbocycles. The summed E-state index contributed by atoms with van der Waals surface area (Å²) in [7, 11) is 0. The molecule has 1 aromatic carbocycles. The summed E-state index contributed by atoms with van der Waals surface area (Å²) in [5, 5.41) is 0.737. The summed E-state index contributed by atoms with van der Waals surface area (Å²) in [6, 6.07) is 8.34. The van der Waals surface area contributed by atoms with Crippen molar-refractivity contribution in [3.63, 3.8) is 0 Å². The molecule has 116 valence electrons. The number of hydrogen-bond donors (Lipinski definition) is 1. The number of aromatic nitrogens is 2. The molecule has 1 N–H and O–H groups in total. The molecule has 3 rings (SSSR count). The van der Waals surface area contributed by atoms with Crippen LogP contribution in [0.15, 0.2) is 34.2 Å². The predicted molar refractivity (Wildman–Crippen MR) is 92.7 cm³/mol. The Morgan fingerprint density at radius 3 is 2.82 bits per heavy atom. The van der Waals surface area contributed by atoms with Gasteiger partial charge in [-0.15, -0.1) is 0 Å². The van der Waals surface area contributed by atoms with Crippen LogP contribution in [0.1, 0.15) is 44.7 Å². The van der Waals surface area contributed by atoms with Gasteiger partial charge in [-0.3, -0.25) is 4.79 Å². The SMILES string of the molecule is CCCSc1nc2c(c(=O)[nH]1)C(C)(CC)Cc1ccccc1-2. The van der Waals surface area contributed by atoms with Crippen molar-refractivity contribution in [1.29, 1.82) is 0 Å². The number of fused-ring (bicyclic) bond motifs is 3. The van der Waals surface area contributed by atoms with Gasteiger partial charge in [0.25, 0.3) is 5.56 Å². The summed E-state index contributed by atoms with van der Waals surface area (Å²) < 4.78 is 0. The quantitative estimate of drug-likeness (QED) is 0.681. The van der Waals surface area contributed by atoms with E-state index < -0.39 is 0 Å². The summed E-state index contributed by atoms with van der Waals surface area (Å²) in [6.45, 7) is 6.46. The van der Waals surface area contributed by atoms with Gasteiger partial charge in [0.2, 0.25) is 0 Å². The Labute approximate surface area is 135 Å². The average molecular weight is 314 g/mol. The fourth-order valence-corrected chi connectivity index (χ4v) is 3.91. The van der Waals surface area contributed by atoms with Gasteiger partial charge in [0, 0.05) is 22.3 Å². The first-order valence-corrected chi connectivity index (χ1v) is 8.93. The molecule has 0 amide bonds. The summed E-state index contributed by atoms with van der Waals surface area (Å²) in [6.07, 6.45) is 2.90. The molecule has 0 saturated heterocycles. The maximum absolute atomic E-state index is 12.7. The lowest BCUT2D eigenvalue weighted by atomic mass is 9.69. The number of H-pyrrole nitrogens is 1. The predicted octanol–water partition coefficient (Wildman–Crippen LogP) is 4.16. The number of aromatic amines is 1. The van der Waals surface area contributed by atoms with Gasteiger partial charge in [-0.2, -0.15) is 0 Å². The summed E-state index contributed by atoms with van der Waals surface area (Å²) >= 11 is 1.62. The molecule has 0 bridgehead atoms. The lowest BCUT2D eigenvalue weighted by Crippen LogP contribution is -2.36. The zero-order chi connectivity index (χ0) is 15.7. The van der Waals surface area contributed by atoms with Gasteiger partial charge < -0.3 is 4.98 Å². The molecule has 0 fully saturated rings. The first-order chi connectivity index (χ1) is 10.6. The molecule has 4 heteroatoms. The van der Waals surface area contributed by atoms with E-state index in [1.54, 1.807) is 11.8 Å². The van der Waals surface area contributed by atoms with E-state index in [9.17, 15) is 4.79 Å². The molecule has 0 spiro atoms. The molecular formula is C18H22N2OS. The van der Waals surface area contributed by atoms with Crippen LogP contribution in [0.3, 0.4) is 0 Å². The van der Waals surface area contributed by atoms with Crippen LogP contribution in [-0.2, 0) is 11.8 Å². The molecule has 1 atom stereocenters. The smallest absolute Gasteiger partial charge is 0.255 e. The van der Waals surface area contributed by atoms with Crippen LogP contribution in [0, 0.1) is 0 Å². The van der Waals surface area contributed by atoms with Crippen molar-refractivity contribution in [2.24, 2.45) is 0 Å². The average Bonchev–Trinajstić information content (AvgIpc) is 2.52. The van der Waals surface area contributed by atoms with E-state index in [1.165, 1.54) is 5.56 Å². The van der Waals surface area contributed by atoms with Gasteiger partial charge in [0.1, 0.15) is 0 Å². The summed E-state index contributed by atoms with van der Waals surface area (Å²) in [5.41, 5.74) is 4.04. The minimum Gasteiger partial charge on any atom is -0.301 e. The summed E-state index contributed by atoms with van der Waals surface area (Å²) in [4.78, 5) is 20.5. The van der Waals surface area contributed by atoms with E-state index in [-0.39, 0.29) is 11.0 Å². The fourth-order valence-electron chi connectivity index (χ4n) is 3.19. The number of nitrogens with one attached hydrogen (secondary N) is 1. The number of benzene rings is 1. The highest BCUT2D eigenvalue weighted by Gasteiger charge is 2.37. The van der Waals surface area contributed by atoms with Crippen molar-refractivity contribution in [1.82, 2.24) is 9.97 Å². The molecule has 1 unspecified atom stereocenters. The molecular weight excluding hydrogens is 292 g/mol. The third-order valence-corrected chi connectivity index (χ3v) is 5.66. The van der Waals surface area contributed by atoms with Crippen molar-refractivity contribution in [2.75, 3.05) is 5.75 Å². The largest absolute Gasteiger partial charge is 0.301 e. The highest BCUT2D eigenvalue weighted by atomic mass is 32.2. The molecule has 3 nitrogen and oxygen atoms in total. The Hall–Kier alpha value is -1.55. The molecule has 1 aliphatic rings. The van der Waals surface area contributed by atoms with Crippen LogP contribution >= 0.6 is 11.8 Å². The Morgan fingerprint density at radius 2 is 2.09 bits per heavy atom. The Kier molecular flexibility index (Phi) is 4.13. The maximum atomic E-state index is 12.7. The second-order valence-corrected chi connectivity index (χ2v) is 7.27. The van der Waals surface area contributed by atoms with E-state index in [4.69, 9.17) is 4.98 Å². The van der Waals surface area contributed by atoms with Crippen LogP contribution in [-0.4, -0.2) is 15.7 Å². The van der Waals surface area contributed by atoms with Crippen LogP contribution in [0.4, 0.5) is 0 Å². The third kappa shape index (κ3) is 2.50. The molecule has 1 aromatic heterocycles. The fraction of sp³-hybridized carbons (Fsp3) is 0.444. The van der Waals surface area contributed by atoms with Gasteiger partial charge in [-0.1, -0.05) is 56.8 Å².